The number of carbonyl (C=O) groups is 1. The molecule has 7 heteroatoms. The van der Waals surface area contributed by atoms with Crippen molar-refractivity contribution >= 4 is 27.8 Å². The lowest BCUT2D eigenvalue weighted by Crippen LogP contribution is -2.32. The van der Waals surface area contributed by atoms with E-state index < -0.39 is 0 Å². The second kappa shape index (κ2) is 9.61. The Morgan fingerprint density at radius 1 is 1.21 bits per heavy atom. The number of aromatic hydroxyl groups is 1. The zero-order valence-electron chi connectivity index (χ0n) is 20.9. The quantitative estimate of drug-likeness (QED) is 0.453. The van der Waals surface area contributed by atoms with Gasteiger partial charge >= 0.3 is 0 Å². The van der Waals surface area contributed by atoms with E-state index in [1.807, 2.05) is 18.3 Å². The molecule has 33 heavy (non-hydrogen) atoms. The number of hydrogen-bond acceptors (Lipinski definition) is 4. The lowest BCUT2D eigenvalue weighted by atomic mass is 9.78. The lowest BCUT2D eigenvalue weighted by Gasteiger charge is -2.28. The zero-order chi connectivity index (χ0) is 24.6. The number of Topliss-reactive ketones (excluding diaryl/α,β-unsaturated/α-hetero) is 1. The number of nitrogens with zero attached hydrogens (tertiary/aromatic N) is 3. The van der Waals surface area contributed by atoms with Gasteiger partial charge in [-0.25, -0.2) is 4.98 Å². The fourth-order valence-corrected chi connectivity index (χ4v) is 5.25. The van der Waals surface area contributed by atoms with Crippen molar-refractivity contribution in [1.29, 1.82) is 0 Å². The molecular weight excluding hydrogens is 480 g/mol. The molecule has 0 amide bonds. The second-order valence-electron chi connectivity index (χ2n) is 11.2. The standard InChI is InChI=1S/C26H37BrN4O2/c1-8-9-16-13-31(24(30-27)22(16)20-12-28-15-29-20)14-21(32)17-10-18(25(2,3)4)23(33)19(11-17)26(5,6)7/h10-12,15-16,22,33H,8-9,13-14H2,1-7H3,(H,28,29)/b30-24-/t16-,22-/m0/s1. The maximum absolute atomic E-state index is 13.6. The third-order valence-corrected chi connectivity index (χ3v) is 6.87. The number of carbonyl (C=O) groups excluding carboxylic acids is 1. The van der Waals surface area contributed by atoms with Crippen molar-refractivity contribution in [2.75, 3.05) is 13.1 Å². The van der Waals surface area contributed by atoms with Crippen molar-refractivity contribution in [3.63, 3.8) is 0 Å². The Kier molecular flexibility index (Phi) is 7.42. The van der Waals surface area contributed by atoms with Crippen LogP contribution in [0.25, 0.3) is 0 Å². The van der Waals surface area contributed by atoms with Crippen LogP contribution in [0.4, 0.5) is 0 Å². The minimum Gasteiger partial charge on any atom is -0.507 e. The molecule has 0 radical (unpaired) electrons. The van der Waals surface area contributed by atoms with Gasteiger partial charge in [0.1, 0.15) is 11.6 Å². The SMILES string of the molecule is CCC[C@H]1CN(CC(=O)c2cc(C(C)(C)C)c(O)c(C(C)(C)C)c2)/C(=N\Br)[C@@H]1c1cnc[nH]1. The number of halogens is 1. The van der Waals surface area contributed by atoms with E-state index >= 15 is 0 Å². The Hall–Kier alpha value is -2.15. The first-order valence-corrected chi connectivity index (χ1v) is 12.4. The number of H-pyrrole nitrogens is 1. The van der Waals surface area contributed by atoms with Gasteiger partial charge in [0, 0.05) is 35.1 Å². The normalized spacial score (nSPS) is 20.6. The molecule has 1 aromatic carbocycles. The van der Waals surface area contributed by atoms with E-state index in [4.69, 9.17) is 0 Å². The molecule has 0 saturated carbocycles. The van der Waals surface area contributed by atoms with Crippen LogP contribution < -0.4 is 0 Å². The molecule has 0 bridgehead atoms. The fraction of sp³-hybridized carbons (Fsp3) is 0.577. The first-order chi connectivity index (χ1) is 15.4. The average molecular weight is 518 g/mol. The molecule has 1 saturated heterocycles. The number of ketones is 1. The van der Waals surface area contributed by atoms with Crippen molar-refractivity contribution in [1.82, 2.24) is 14.9 Å². The number of rotatable bonds is 6. The van der Waals surface area contributed by atoms with Crippen molar-refractivity contribution < 1.29 is 9.90 Å². The molecule has 3 rings (SSSR count). The molecule has 1 aromatic heterocycles. The number of benzene rings is 1. The number of hydrogen-bond donors (Lipinski definition) is 2. The van der Waals surface area contributed by atoms with Crippen LogP contribution in [0.2, 0.25) is 0 Å². The highest BCUT2D eigenvalue weighted by Gasteiger charge is 2.40. The molecule has 2 N–H and O–H groups in total. The van der Waals surface area contributed by atoms with Gasteiger partial charge in [-0.1, -0.05) is 54.9 Å². The largest absolute Gasteiger partial charge is 0.507 e. The van der Waals surface area contributed by atoms with E-state index in [9.17, 15) is 9.90 Å². The van der Waals surface area contributed by atoms with Crippen molar-refractivity contribution in [2.24, 2.45) is 9.94 Å². The van der Waals surface area contributed by atoms with Crippen LogP contribution >= 0.6 is 16.1 Å². The summed E-state index contributed by atoms with van der Waals surface area (Å²) < 4.78 is 4.43. The van der Waals surface area contributed by atoms with E-state index in [-0.39, 0.29) is 34.8 Å². The first kappa shape index (κ1) is 25.5. The monoisotopic (exact) mass is 516 g/mol. The molecule has 0 unspecified atom stereocenters. The predicted molar refractivity (Wildman–Crippen MR) is 137 cm³/mol. The Labute approximate surface area is 206 Å². The fourth-order valence-electron chi connectivity index (χ4n) is 4.80. The average Bonchev–Trinajstić information content (AvgIpc) is 3.34. The van der Waals surface area contributed by atoms with E-state index in [0.717, 1.165) is 42.0 Å². The van der Waals surface area contributed by atoms with E-state index in [2.05, 4.69) is 83.5 Å². The van der Waals surface area contributed by atoms with Crippen molar-refractivity contribution in [3.05, 3.63) is 47.0 Å². The van der Waals surface area contributed by atoms with Crippen molar-refractivity contribution in [3.8, 4) is 5.75 Å². The van der Waals surface area contributed by atoms with Gasteiger partial charge in [-0.2, -0.15) is 4.02 Å². The van der Waals surface area contributed by atoms with Gasteiger partial charge in [0.2, 0.25) is 0 Å². The molecule has 0 spiro atoms. The topological polar surface area (TPSA) is 81.6 Å². The Morgan fingerprint density at radius 2 is 1.82 bits per heavy atom. The predicted octanol–water partition coefficient (Wildman–Crippen LogP) is 6.12. The molecule has 180 valence electrons. The van der Waals surface area contributed by atoms with Crippen LogP contribution in [-0.2, 0) is 10.8 Å². The maximum atomic E-state index is 13.6. The number of aromatic nitrogens is 2. The van der Waals surface area contributed by atoms with Gasteiger partial charge in [-0.3, -0.25) is 4.79 Å². The minimum absolute atomic E-state index is 0.0279. The molecule has 1 aliphatic heterocycles. The summed E-state index contributed by atoms with van der Waals surface area (Å²) in [5, 5.41) is 11.0. The zero-order valence-corrected chi connectivity index (χ0v) is 22.5. The number of phenols is 1. The van der Waals surface area contributed by atoms with E-state index in [1.54, 1.807) is 6.33 Å². The van der Waals surface area contributed by atoms with Crippen LogP contribution in [0.15, 0.2) is 28.7 Å². The summed E-state index contributed by atoms with van der Waals surface area (Å²) in [6.07, 6.45) is 5.65. The summed E-state index contributed by atoms with van der Waals surface area (Å²) in [5.41, 5.74) is 2.69. The molecule has 2 aromatic rings. The lowest BCUT2D eigenvalue weighted by molar-refractivity contribution is 0.0963. The van der Waals surface area contributed by atoms with Crippen LogP contribution in [0.1, 0.15) is 94.4 Å². The molecule has 1 aliphatic rings. The summed E-state index contributed by atoms with van der Waals surface area (Å²) in [6, 6.07) is 3.73. The highest BCUT2D eigenvalue weighted by Crippen LogP contribution is 2.41. The summed E-state index contributed by atoms with van der Waals surface area (Å²) in [7, 11) is 0. The van der Waals surface area contributed by atoms with E-state index in [0.29, 0.717) is 11.5 Å². The second-order valence-corrected chi connectivity index (χ2v) is 11.6. The number of nitrogens with one attached hydrogen (secondary N) is 1. The summed E-state index contributed by atoms with van der Waals surface area (Å²) in [5.74, 6) is 1.61. The van der Waals surface area contributed by atoms with Gasteiger partial charge in [0.25, 0.3) is 0 Å². The minimum atomic E-state index is -0.283. The summed E-state index contributed by atoms with van der Waals surface area (Å²) in [6.45, 7) is 15.5. The molecule has 2 atom stereocenters. The van der Waals surface area contributed by atoms with Gasteiger partial charge in [0.05, 0.1) is 34.9 Å². The Balaban J connectivity index is 1.96. The third kappa shape index (κ3) is 5.34. The van der Waals surface area contributed by atoms with Crippen molar-refractivity contribution in [2.45, 2.75) is 78.1 Å². The van der Waals surface area contributed by atoms with Gasteiger partial charge < -0.3 is 15.0 Å². The molecule has 2 heterocycles. The highest BCUT2D eigenvalue weighted by atomic mass is 79.9. The number of likely N-dealkylation sites (tertiary alicyclic amines) is 1. The summed E-state index contributed by atoms with van der Waals surface area (Å²) >= 11 is 3.32. The molecule has 1 fully saturated rings. The van der Waals surface area contributed by atoms with Crippen LogP contribution in [0.5, 0.6) is 5.75 Å². The van der Waals surface area contributed by atoms with E-state index in [1.165, 1.54) is 0 Å². The third-order valence-electron chi connectivity index (χ3n) is 6.51. The number of phenolic OH excluding ortho intramolecular Hbond substituents is 1. The first-order valence-electron chi connectivity index (χ1n) is 11.7. The number of imidazole rings is 1. The van der Waals surface area contributed by atoms with Gasteiger partial charge in [-0.05, 0) is 35.3 Å². The van der Waals surface area contributed by atoms with Crippen LogP contribution in [0, 0.1) is 5.92 Å². The Bertz CT molecular complexity index is 981. The number of amidine groups is 1. The van der Waals surface area contributed by atoms with Crippen LogP contribution in [-0.4, -0.2) is 44.7 Å². The number of aromatic amines is 1. The smallest absolute Gasteiger partial charge is 0.182 e. The molecule has 6 nitrogen and oxygen atoms in total. The molecule has 0 aliphatic carbocycles. The Morgan fingerprint density at radius 3 is 2.27 bits per heavy atom. The highest BCUT2D eigenvalue weighted by molar-refractivity contribution is 9.08. The summed E-state index contributed by atoms with van der Waals surface area (Å²) in [4.78, 5) is 23.1. The van der Waals surface area contributed by atoms with Gasteiger partial charge in [-0.15, -0.1) is 0 Å². The van der Waals surface area contributed by atoms with Crippen LogP contribution in [0.3, 0.4) is 0 Å². The maximum Gasteiger partial charge on any atom is 0.182 e. The van der Waals surface area contributed by atoms with Gasteiger partial charge in [0.15, 0.2) is 5.78 Å². The molecular formula is C26H37BrN4O2.